The molecule has 5 aromatic rings. The molecule has 2 aromatic heterocycles. The number of allylic oxidation sites excluding steroid dienone is 7. The van der Waals surface area contributed by atoms with Crippen LogP contribution in [0.3, 0.4) is 0 Å². The van der Waals surface area contributed by atoms with Gasteiger partial charge in [-0.15, -0.1) is 0 Å². The van der Waals surface area contributed by atoms with Crippen LogP contribution in [0.5, 0.6) is 0 Å². The van der Waals surface area contributed by atoms with Gasteiger partial charge in [0.2, 0.25) is 0 Å². The van der Waals surface area contributed by atoms with Crippen molar-refractivity contribution in [3.63, 3.8) is 0 Å². The van der Waals surface area contributed by atoms with Gasteiger partial charge >= 0.3 is 0 Å². The van der Waals surface area contributed by atoms with E-state index in [9.17, 15) is 0 Å². The molecule has 0 N–H and O–H groups in total. The molecule has 0 saturated carbocycles. The van der Waals surface area contributed by atoms with Crippen LogP contribution >= 0.6 is 0 Å². The van der Waals surface area contributed by atoms with Gasteiger partial charge in [-0.2, -0.15) is 5.10 Å². The Labute approximate surface area is 249 Å². The molecule has 3 heteroatoms. The van der Waals surface area contributed by atoms with Crippen LogP contribution in [-0.2, 0) is 7.05 Å². The molecule has 0 spiro atoms. The summed E-state index contributed by atoms with van der Waals surface area (Å²) in [7, 11) is 2.12. The molecule has 1 aliphatic carbocycles. The largest absolute Gasteiger partial charge is 0.344 e. The highest BCUT2D eigenvalue weighted by Crippen LogP contribution is 2.29. The lowest BCUT2D eigenvalue weighted by Crippen LogP contribution is -2.03. The van der Waals surface area contributed by atoms with Crippen LogP contribution in [0.4, 0.5) is 0 Å². The first kappa shape index (κ1) is 28.4. The molecule has 0 fully saturated rings. The van der Waals surface area contributed by atoms with E-state index in [2.05, 4.69) is 146 Å². The third-order valence-corrected chi connectivity index (χ3v) is 7.33. The Balaban J connectivity index is 0.000000175. The maximum atomic E-state index is 4.84. The van der Waals surface area contributed by atoms with Gasteiger partial charge < -0.3 is 4.57 Å². The minimum absolute atomic E-state index is 0.929. The van der Waals surface area contributed by atoms with E-state index in [1.54, 1.807) is 0 Å². The molecular weight excluding hydrogens is 510 g/mol. The zero-order chi connectivity index (χ0) is 29.3. The lowest BCUT2D eigenvalue weighted by atomic mass is 10.1. The number of benzene rings is 3. The van der Waals surface area contributed by atoms with Crippen LogP contribution in [0.15, 0.2) is 163 Å². The van der Waals surface area contributed by atoms with Crippen LogP contribution < -0.4 is 0 Å². The minimum atomic E-state index is 0.929. The van der Waals surface area contributed by atoms with Crippen LogP contribution in [0, 0.1) is 0 Å². The first-order chi connectivity index (χ1) is 20.5. The molecule has 0 amide bonds. The number of hydrogen-bond donors (Lipinski definition) is 0. The summed E-state index contributed by atoms with van der Waals surface area (Å²) in [6.45, 7) is 7.99. The molecule has 0 unspecified atom stereocenters. The molecule has 3 aromatic carbocycles. The van der Waals surface area contributed by atoms with E-state index in [0.29, 0.717) is 0 Å². The first-order valence-corrected chi connectivity index (χ1v) is 14.3. The lowest BCUT2D eigenvalue weighted by molar-refractivity contribution is 0.879. The van der Waals surface area contributed by atoms with Crippen molar-refractivity contribution >= 4 is 11.3 Å². The Morgan fingerprint density at radius 2 is 1.10 bits per heavy atom. The van der Waals surface area contributed by atoms with Crippen molar-refractivity contribution < 1.29 is 0 Å². The number of rotatable bonds is 6. The highest BCUT2D eigenvalue weighted by Gasteiger charge is 2.13. The smallest absolute Gasteiger partial charge is 0.0726 e. The summed E-state index contributed by atoms with van der Waals surface area (Å²) >= 11 is 0. The maximum Gasteiger partial charge on any atom is 0.0726 e. The monoisotopic (exact) mass is 547 g/mol. The average Bonchev–Trinajstić information content (AvgIpc) is 3.51. The van der Waals surface area contributed by atoms with Crippen molar-refractivity contribution in [2.24, 2.45) is 12.1 Å². The lowest BCUT2D eigenvalue weighted by Gasteiger charge is -2.11. The fraction of sp³-hybridized carbons (Fsp3) is 0.103. The second kappa shape index (κ2) is 13.5. The number of nitrogens with zero attached hydrogens (tertiary/aromatic N) is 3. The zero-order valence-electron chi connectivity index (χ0n) is 24.6. The summed E-state index contributed by atoms with van der Waals surface area (Å²) < 4.78 is 4.26. The van der Waals surface area contributed by atoms with Gasteiger partial charge in [-0.25, -0.2) is 4.68 Å². The molecule has 2 heterocycles. The third kappa shape index (κ3) is 6.59. The van der Waals surface area contributed by atoms with E-state index >= 15 is 0 Å². The van der Waals surface area contributed by atoms with Gasteiger partial charge in [0.15, 0.2) is 0 Å². The fourth-order valence-electron chi connectivity index (χ4n) is 4.88. The molecule has 0 atom stereocenters. The van der Waals surface area contributed by atoms with Crippen LogP contribution in [0.2, 0.25) is 0 Å². The van der Waals surface area contributed by atoms with E-state index in [-0.39, 0.29) is 0 Å². The van der Waals surface area contributed by atoms with Gasteiger partial charge in [-0.05, 0) is 66.8 Å². The van der Waals surface area contributed by atoms with Gasteiger partial charge in [-0.1, -0.05) is 128 Å². The topological polar surface area (TPSA) is 22.2 Å². The van der Waals surface area contributed by atoms with Crippen molar-refractivity contribution in [2.45, 2.75) is 20.3 Å². The normalized spacial score (nSPS) is 12.7. The van der Waals surface area contributed by atoms with Crippen molar-refractivity contribution in [2.75, 3.05) is 0 Å². The molecule has 0 bridgehead atoms. The molecule has 208 valence electrons. The Morgan fingerprint density at radius 3 is 1.62 bits per heavy atom. The van der Waals surface area contributed by atoms with Crippen molar-refractivity contribution in [3.05, 3.63) is 163 Å². The predicted molar refractivity (Wildman–Crippen MR) is 180 cm³/mol. The maximum absolute atomic E-state index is 4.84. The van der Waals surface area contributed by atoms with Crippen LogP contribution in [0.1, 0.15) is 26.0 Å². The highest BCUT2D eigenvalue weighted by molar-refractivity contribution is 5.97. The van der Waals surface area contributed by atoms with Gasteiger partial charge in [0, 0.05) is 24.0 Å². The van der Waals surface area contributed by atoms with Crippen molar-refractivity contribution in [1.29, 1.82) is 0 Å². The molecule has 6 rings (SSSR count). The molecule has 0 radical (unpaired) electrons. The standard InChI is InChI=1S/C22H22N2.C17H15N/c1-17(2)18(3)23-24-21(19-11-7-4-5-8-12-19)15-16-22(24)20-13-9-6-10-14-20;1-18-16(14-8-4-2-5-9-14)12-13-17(18)15-10-6-3-7-11-15/h4,6-16H,1,5H2,2-3H3;2-13H,1H3/b23-18+;. The molecule has 0 aliphatic heterocycles. The average molecular weight is 548 g/mol. The minimum Gasteiger partial charge on any atom is -0.344 e. The highest BCUT2D eigenvalue weighted by atomic mass is 15.4. The third-order valence-electron chi connectivity index (χ3n) is 7.33. The van der Waals surface area contributed by atoms with Gasteiger partial charge in [0.1, 0.15) is 0 Å². The fourth-order valence-corrected chi connectivity index (χ4v) is 4.88. The first-order valence-electron chi connectivity index (χ1n) is 14.3. The van der Waals surface area contributed by atoms with Gasteiger partial charge in [0.25, 0.3) is 0 Å². The molecule has 3 nitrogen and oxygen atoms in total. The molecule has 0 saturated heterocycles. The molecule has 1 aliphatic rings. The van der Waals surface area contributed by atoms with Crippen molar-refractivity contribution in [3.8, 4) is 33.8 Å². The SMILES string of the molecule is C=C(C)/C(C)=N/n1c(C2=CC=CCC=C2)ccc1-c1ccccc1.Cn1c(-c2ccccc2)ccc1-c1ccccc1. The summed E-state index contributed by atoms with van der Waals surface area (Å²) in [5.41, 5.74) is 11.4. The Kier molecular flexibility index (Phi) is 9.10. The zero-order valence-corrected chi connectivity index (χ0v) is 24.6. The van der Waals surface area contributed by atoms with E-state index in [1.807, 2.05) is 36.7 Å². The summed E-state index contributed by atoms with van der Waals surface area (Å²) in [6, 6.07) is 39.9. The second-order valence-electron chi connectivity index (χ2n) is 10.3. The van der Waals surface area contributed by atoms with E-state index < -0.39 is 0 Å². The summed E-state index contributed by atoms with van der Waals surface area (Å²) in [5, 5.41) is 4.84. The number of hydrogen-bond acceptors (Lipinski definition) is 1. The van der Waals surface area contributed by atoms with E-state index in [4.69, 9.17) is 5.10 Å². The Hall–Kier alpha value is -5.15. The summed E-state index contributed by atoms with van der Waals surface area (Å²) in [5.74, 6) is 0. The van der Waals surface area contributed by atoms with E-state index in [1.165, 1.54) is 22.5 Å². The van der Waals surface area contributed by atoms with Crippen LogP contribution in [0.25, 0.3) is 39.3 Å². The number of aromatic nitrogens is 2. The summed E-state index contributed by atoms with van der Waals surface area (Å²) in [4.78, 5) is 0. The Morgan fingerprint density at radius 1 is 0.619 bits per heavy atom. The van der Waals surface area contributed by atoms with E-state index in [0.717, 1.165) is 40.2 Å². The Bertz CT molecular complexity index is 1700. The van der Waals surface area contributed by atoms with Gasteiger partial charge in [-0.3, -0.25) is 0 Å². The van der Waals surface area contributed by atoms with Crippen LogP contribution in [-0.4, -0.2) is 15.0 Å². The predicted octanol–water partition coefficient (Wildman–Crippen LogP) is 10.2. The van der Waals surface area contributed by atoms with Gasteiger partial charge in [0.05, 0.1) is 17.1 Å². The second-order valence-corrected chi connectivity index (χ2v) is 10.3. The summed E-state index contributed by atoms with van der Waals surface area (Å²) in [6.07, 6.45) is 11.7. The molecular formula is C39H37N3. The quantitative estimate of drug-likeness (QED) is 0.189. The van der Waals surface area contributed by atoms with Crippen molar-refractivity contribution in [1.82, 2.24) is 9.24 Å². The molecule has 42 heavy (non-hydrogen) atoms.